The van der Waals surface area contributed by atoms with Gasteiger partial charge in [-0.3, -0.25) is 0 Å². The van der Waals surface area contributed by atoms with E-state index in [4.69, 9.17) is 4.74 Å². The molecule has 3 nitrogen and oxygen atoms in total. The van der Waals surface area contributed by atoms with Crippen molar-refractivity contribution in [2.75, 3.05) is 12.4 Å². The fraction of sp³-hybridized carbons (Fsp3) is 0.250. The Labute approximate surface area is 113 Å². The molecule has 5 heteroatoms. The number of nitrogens with one attached hydrogen (secondary N) is 1. The van der Waals surface area contributed by atoms with E-state index < -0.39 is 0 Å². The SMILES string of the molecule is COc1ccc(NC(C)c2sccc2Br)cn1. The smallest absolute Gasteiger partial charge is 0.213 e. The lowest BCUT2D eigenvalue weighted by molar-refractivity contribution is 0.398. The summed E-state index contributed by atoms with van der Waals surface area (Å²) >= 11 is 5.27. The van der Waals surface area contributed by atoms with Gasteiger partial charge in [0.2, 0.25) is 5.88 Å². The van der Waals surface area contributed by atoms with Crippen LogP contribution in [0.1, 0.15) is 17.8 Å². The normalized spacial score (nSPS) is 12.2. The first-order valence-corrected chi connectivity index (χ1v) is 6.87. The molecule has 0 bridgehead atoms. The first kappa shape index (κ1) is 12.4. The fourth-order valence-corrected chi connectivity index (χ4v) is 3.24. The van der Waals surface area contributed by atoms with Crippen molar-refractivity contribution in [1.82, 2.24) is 4.98 Å². The largest absolute Gasteiger partial charge is 0.481 e. The molecule has 2 rings (SSSR count). The van der Waals surface area contributed by atoms with E-state index in [0.29, 0.717) is 5.88 Å². The van der Waals surface area contributed by atoms with Crippen LogP contribution in [0, 0.1) is 0 Å². The zero-order chi connectivity index (χ0) is 12.3. The average molecular weight is 313 g/mol. The maximum Gasteiger partial charge on any atom is 0.213 e. The molecule has 0 aliphatic carbocycles. The number of aromatic nitrogens is 1. The quantitative estimate of drug-likeness (QED) is 0.923. The van der Waals surface area contributed by atoms with Gasteiger partial charge in [-0.15, -0.1) is 11.3 Å². The van der Waals surface area contributed by atoms with E-state index in [-0.39, 0.29) is 6.04 Å². The van der Waals surface area contributed by atoms with Gasteiger partial charge in [-0.25, -0.2) is 4.98 Å². The number of pyridine rings is 1. The highest BCUT2D eigenvalue weighted by Gasteiger charge is 2.10. The van der Waals surface area contributed by atoms with Crippen LogP contribution in [0.2, 0.25) is 0 Å². The predicted molar refractivity (Wildman–Crippen MR) is 74.8 cm³/mol. The summed E-state index contributed by atoms with van der Waals surface area (Å²) in [5.74, 6) is 0.625. The maximum atomic E-state index is 5.02. The first-order chi connectivity index (χ1) is 8.20. The number of rotatable bonds is 4. The molecule has 0 aliphatic heterocycles. The van der Waals surface area contributed by atoms with Crippen LogP contribution in [0.5, 0.6) is 5.88 Å². The predicted octanol–water partition coefficient (Wildman–Crippen LogP) is 4.09. The minimum absolute atomic E-state index is 0.250. The fourth-order valence-electron chi connectivity index (χ4n) is 1.52. The van der Waals surface area contributed by atoms with Gasteiger partial charge in [0.15, 0.2) is 0 Å². The molecule has 0 radical (unpaired) electrons. The molecule has 2 aromatic rings. The number of ether oxygens (including phenoxy) is 1. The Hall–Kier alpha value is -1.07. The van der Waals surface area contributed by atoms with Crippen LogP contribution >= 0.6 is 27.3 Å². The lowest BCUT2D eigenvalue weighted by Crippen LogP contribution is -2.05. The molecule has 1 N–H and O–H groups in total. The lowest BCUT2D eigenvalue weighted by atomic mass is 10.2. The molecule has 0 saturated carbocycles. The Morgan fingerprint density at radius 2 is 2.24 bits per heavy atom. The van der Waals surface area contributed by atoms with Gasteiger partial charge in [0.05, 0.1) is 25.0 Å². The zero-order valence-electron chi connectivity index (χ0n) is 9.61. The molecule has 2 heterocycles. The van der Waals surface area contributed by atoms with Crippen molar-refractivity contribution < 1.29 is 4.74 Å². The van der Waals surface area contributed by atoms with Crippen LogP contribution in [-0.4, -0.2) is 12.1 Å². The van der Waals surface area contributed by atoms with E-state index in [1.54, 1.807) is 24.6 Å². The van der Waals surface area contributed by atoms with Crippen molar-refractivity contribution in [2.24, 2.45) is 0 Å². The van der Waals surface area contributed by atoms with Crippen molar-refractivity contribution in [2.45, 2.75) is 13.0 Å². The van der Waals surface area contributed by atoms with Crippen molar-refractivity contribution in [3.8, 4) is 5.88 Å². The highest BCUT2D eigenvalue weighted by atomic mass is 79.9. The summed E-state index contributed by atoms with van der Waals surface area (Å²) in [6.07, 6.45) is 1.77. The Kier molecular flexibility index (Phi) is 4.02. The molecule has 1 atom stereocenters. The number of hydrogen-bond donors (Lipinski definition) is 1. The van der Waals surface area contributed by atoms with E-state index in [1.165, 1.54) is 4.88 Å². The number of anilines is 1. The number of methoxy groups -OCH3 is 1. The van der Waals surface area contributed by atoms with Gasteiger partial charge in [-0.2, -0.15) is 0 Å². The van der Waals surface area contributed by atoms with Crippen LogP contribution < -0.4 is 10.1 Å². The summed E-state index contributed by atoms with van der Waals surface area (Å²) in [5, 5.41) is 5.47. The Balaban J connectivity index is 2.07. The molecule has 0 aliphatic rings. The molecule has 0 amide bonds. The molecule has 0 aromatic carbocycles. The molecule has 0 saturated heterocycles. The molecule has 0 fully saturated rings. The number of hydrogen-bond acceptors (Lipinski definition) is 4. The van der Waals surface area contributed by atoms with Crippen molar-refractivity contribution in [3.05, 3.63) is 39.1 Å². The van der Waals surface area contributed by atoms with Crippen LogP contribution in [-0.2, 0) is 0 Å². The monoisotopic (exact) mass is 312 g/mol. The highest BCUT2D eigenvalue weighted by molar-refractivity contribution is 9.10. The van der Waals surface area contributed by atoms with Crippen LogP contribution in [0.3, 0.4) is 0 Å². The topological polar surface area (TPSA) is 34.1 Å². The standard InChI is InChI=1S/C12H13BrN2OS/c1-8(12-10(13)5-6-17-12)15-9-3-4-11(16-2)14-7-9/h3-8,15H,1-2H3. The second kappa shape index (κ2) is 5.51. The third kappa shape index (κ3) is 2.98. The minimum Gasteiger partial charge on any atom is -0.481 e. The number of nitrogens with zero attached hydrogens (tertiary/aromatic N) is 1. The van der Waals surface area contributed by atoms with Crippen LogP contribution in [0.15, 0.2) is 34.2 Å². The van der Waals surface area contributed by atoms with Gasteiger partial charge in [0.25, 0.3) is 0 Å². The summed E-state index contributed by atoms with van der Waals surface area (Å²) in [6.45, 7) is 2.13. The molecule has 0 spiro atoms. The Morgan fingerprint density at radius 3 is 2.76 bits per heavy atom. The molecule has 1 unspecified atom stereocenters. The highest BCUT2D eigenvalue weighted by Crippen LogP contribution is 2.30. The van der Waals surface area contributed by atoms with Gasteiger partial charge in [-0.05, 0) is 40.4 Å². The molecular weight excluding hydrogens is 300 g/mol. The molecular formula is C12H13BrN2OS. The summed E-state index contributed by atoms with van der Waals surface area (Å²) in [4.78, 5) is 5.44. The number of thiophene rings is 1. The van der Waals surface area contributed by atoms with E-state index >= 15 is 0 Å². The molecule has 2 aromatic heterocycles. The summed E-state index contributed by atoms with van der Waals surface area (Å²) in [7, 11) is 1.61. The Morgan fingerprint density at radius 1 is 1.41 bits per heavy atom. The van der Waals surface area contributed by atoms with Crippen LogP contribution in [0.4, 0.5) is 5.69 Å². The second-order valence-electron chi connectivity index (χ2n) is 3.59. The average Bonchev–Trinajstić information content (AvgIpc) is 2.76. The van der Waals surface area contributed by atoms with Crippen molar-refractivity contribution in [3.63, 3.8) is 0 Å². The van der Waals surface area contributed by atoms with E-state index in [9.17, 15) is 0 Å². The summed E-state index contributed by atoms with van der Waals surface area (Å²) in [5.41, 5.74) is 0.985. The summed E-state index contributed by atoms with van der Waals surface area (Å²) in [6, 6.07) is 6.12. The summed E-state index contributed by atoms with van der Waals surface area (Å²) < 4.78 is 6.16. The van der Waals surface area contributed by atoms with Gasteiger partial charge < -0.3 is 10.1 Å². The van der Waals surface area contributed by atoms with Gasteiger partial charge in [-0.1, -0.05) is 0 Å². The van der Waals surface area contributed by atoms with E-state index in [2.05, 4.69) is 44.6 Å². The lowest BCUT2D eigenvalue weighted by Gasteiger charge is -2.14. The number of halogens is 1. The Bertz CT molecular complexity index is 484. The molecule has 17 heavy (non-hydrogen) atoms. The van der Waals surface area contributed by atoms with Crippen molar-refractivity contribution in [1.29, 1.82) is 0 Å². The first-order valence-electron chi connectivity index (χ1n) is 5.20. The second-order valence-corrected chi connectivity index (χ2v) is 5.39. The minimum atomic E-state index is 0.250. The van der Waals surface area contributed by atoms with Crippen molar-refractivity contribution >= 4 is 33.0 Å². The van der Waals surface area contributed by atoms with Gasteiger partial charge in [0.1, 0.15) is 0 Å². The third-order valence-corrected chi connectivity index (χ3v) is 4.42. The van der Waals surface area contributed by atoms with E-state index in [1.807, 2.05) is 12.1 Å². The van der Waals surface area contributed by atoms with Gasteiger partial charge >= 0.3 is 0 Å². The zero-order valence-corrected chi connectivity index (χ0v) is 12.0. The van der Waals surface area contributed by atoms with E-state index in [0.717, 1.165) is 10.2 Å². The maximum absolute atomic E-state index is 5.02. The molecule has 90 valence electrons. The van der Waals surface area contributed by atoms with Gasteiger partial charge in [0, 0.05) is 15.4 Å². The third-order valence-electron chi connectivity index (χ3n) is 2.37. The van der Waals surface area contributed by atoms with Crippen LogP contribution in [0.25, 0.3) is 0 Å².